The van der Waals surface area contributed by atoms with E-state index in [-0.39, 0.29) is 12.1 Å². The maximum absolute atomic E-state index is 5.96. The molecule has 6 nitrogen and oxygen atoms in total. The highest BCUT2D eigenvalue weighted by atomic mass is 35.5. The predicted molar refractivity (Wildman–Crippen MR) is 82.4 cm³/mol. The molecule has 2 heterocycles. The van der Waals surface area contributed by atoms with Crippen LogP contribution in [-0.4, -0.2) is 26.0 Å². The van der Waals surface area contributed by atoms with Gasteiger partial charge in [0.2, 0.25) is 6.39 Å². The van der Waals surface area contributed by atoms with Crippen molar-refractivity contribution < 1.29 is 4.52 Å². The minimum absolute atomic E-state index is 0.165. The van der Waals surface area contributed by atoms with Crippen molar-refractivity contribution in [3.63, 3.8) is 0 Å². The standard InChI is InChI=1S/C15H16ClN5O/c1-11(9-21-8-2-7-18-21)19-14(15-17-10-22-20-15)12-3-5-13(16)6-4-12/h2-8,10-11,14,19H,9H2,1H3/t11-,14-/m0/s1. The summed E-state index contributed by atoms with van der Waals surface area (Å²) in [5, 5.41) is 12.4. The van der Waals surface area contributed by atoms with Crippen molar-refractivity contribution in [3.8, 4) is 0 Å². The molecule has 0 aliphatic rings. The Morgan fingerprint density at radius 2 is 2.14 bits per heavy atom. The van der Waals surface area contributed by atoms with Crippen LogP contribution >= 0.6 is 11.6 Å². The van der Waals surface area contributed by atoms with Crippen LogP contribution < -0.4 is 5.32 Å². The zero-order chi connectivity index (χ0) is 15.4. The molecule has 0 fully saturated rings. The van der Waals surface area contributed by atoms with E-state index in [9.17, 15) is 0 Å². The lowest BCUT2D eigenvalue weighted by Gasteiger charge is -2.21. The zero-order valence-electron chi connectivity index (χ0n) is 12.1. The third-order valence-electron chi connectivity index (χ3n) is 3.31. The fourth-order valence-electron chi connectivity index (χ4n) is 2.31. The van der Waals surface area contributed by atoms with Crippen molar-refractivity contribution in [2.75, 3.05) is 0 Å². The molecule has 0 amide bonds. The van der Waals surface area contributed by atoms with Gasteiger partial charge in [-0.25, -0.2) is 0 Å². The van der Waals surface area contributed by atoms with Gasteiger partial charge in [0.05, 0.1) is 12.6 Å². The molecule has 0 saturated heterocycles. The fourth-order valence-corrected chi connectivity index (χ4v) is 2.43. The van der Waals surface area contributed by atoms with Crippen LogP contribution in [0.3, 0.4) is 0 Å². The van der Waals surface area contributed by atoms with Crippen molar-refractivity contribution in [3.05, 3.63) is 65.5 Å². The fraction of sp³-hybridized carbons (Fsp3) is 0.267. The van der Waals surface area contributed by atoms with Crippen LogP contribution in [0, 0.1) is 0 Å². The molecule has 0 aliphatic carbocycles. The van der Waals surface area contributed by atoms with Gasteiger partial charge in [-0.3, -0.25) is 10.00 Å². The number of nitrogens with one attached hydrogen (secondary N) is 1. The van der Waals surface area contributed by atoms with E-state index in [0.29, 0.717) is 10.8 Å². The Bertz CT molecular complexity index is 681. The van der Waals surface area contributed by atoms with E-state index in [0.717, 1.165) is 12.1 Å². The van der Waals surface area contributed by atoms with Crippen molar-refractivity contribution in [2.24, 2.45) is 0 Å². The molecule has 22 heavy (non-hydrogen) atoms. The summed E-state index contributed by atoms with van der Waals surface area (Å²) in [6.07, 6.45) is 5.03. The minimum Gasteiger partial charge on any atom is -0.343 e. The lowest BCUT2D eigenvalue weighted by molar-refractivity contribution is 0.383. The highest BCUT2D eigenvalue weighted by Gasteiger charge is 2.20. The second-order valence-electron chi connectivity index (χ2n) is 5.07. The molecular weight excluding hydrogens is 302 g/mol. The van der Waals surface area contributed by atoms with E-state index in [1.807, 2.05) is 41.2 Å². The molecule has 2 atom stereocenters. The molecule has 0 aliphatic heterocycles. The van der Waals surface area contributed by atoms with E-state index in [1.165, 1.54) is 6.39 Å². The number of rotatable bonds is 6. The van der Waals surface area contributed by atoms with Crippen LogP contribution in [0.15, 0.2) is 53.6 Å². The first-order valence-electron chi connectivity index (χ1n) is 6.97. The predicted octanol–water partition coefficient (Wildman–Crippen LogP) is 2.69. The highest BCUT2D eigenvalue weighted by Crippen LogP contribution is 2.21. The Kier molecular flexibility index (Phi) is 4.50. The summed E-state index contributed by atoms with van der Waals surface area (Å²) < 4.78 is 6.77. The highest BCUT2D eigenvalue weighted by molar-refractivity contribution is 6.30. The van der Waals surface area contributed by atoms with E-state index in [4.69, 9.17) is 16.1 Å². The maximum atomic E-state index is 5.96. The number of hydrogen-bond acceptors (Lipinski definition) is 5. The summed E-state index contributed by atoms with van der Waals surface area (Å²) in [5.74, 6) is 0.592. The van der Waals surface area contributed by atoms with E-state index in [2.05, 4.69) is 27.5 Å². The molecule has 0 radical (unpaired) electrons. The van der Waals surface area contributed by atoms with Gasteiger partial charge in [0.1, 0.15) is 0 Å². The molecule has 3 aromatic rings. The Labute approximate surface area is 133 Å². The average Bonchev–Trinajstić information content (AvgIpc) is 3.19. The maximum Gasteiger partial charge on any atom is 0.213 e. The van der Waals surface area contributed by atoms with E-state index in [1.54, 1.807) is 6.20 Å². The lowest BCUT2D eigenvalue weighted by Crippen LogP contribution is -2.35. The van der Waals surface area contributed by atoms with Crippen molar-refractivity contribution in [1.82, 2.24) is 25.2 Å². The molecule has 2 aromatic heterocycles. The summed E-state index contributed by atoms with van der Waals surface area (Å²) in [6.45, 7) is 2.83. The van der Waals surface area contributed by atoms with Crippen molar-refractivity contribution in [2.45, 2.75) is 25.6 Å². The SMILES string of the molecule is C[C@@H](Cn1cccn1)N[C@@H](c1ccc(Cl)cc1)c1ncon1. The summed E-state index contributed by atoms with van der Waals surface area (Å²) >= 11 is 5.96. The first kappa shape index (κ1) is 14.7. The van der Waals surface area contributed by atoms with Gasteiger partial charge in [0, 0.05) is 23.5 Å². The Balaban J connectivity index is 1.78. The molecular formula is C15H16ClN5O. The lowest BCUT2D eigenvalue weighted by atomic mass is 10.1. The molecule has 1 aromatic carbocycles. The van der Waals surface area contributed by atoms with Gasteiger partial charge in [-0.15, -0.1) is 0 Å². The Morgan fingerprint density at radius 1 is 1.32 bits per heavy atom. The van der Waals surface area contributed by atoms with Crippen LogP contribution in [0.5, 0.6) is 0 Å². The van der Waals surface area contributed by atoms with Gasteiger partial charge < -0.3 is 4.52 Å². The van der Waals surface area contributed by atoms with Crippen LogP contribution in [0.25, 0.3) is 0 Å². The van der Waals surface area contributed by atoms with Crippen LogP contribution in [0.4, 0.5) is 0 Å². The topological polar surface area (TPSA) is 68.8 Å². The van der Waals surface area contributed by atoms with Crippen LogP contribution in [0.2, 0.25) is 5.02 Å². The van der Waals surface area contributed by atoms with Gasteiger partial charge in [0.15, 0.2) is 5.82 Å². The zero-order valence-corrected chi connectivity index (χ0v) is 12.8. The number of halogens is 1. The Hall–Kier alpha value is -2.18. The molecule has 0 bridgehead atoms. The van der Waals surface area contributed by atoms with Crippen molar-refractivity contribution in [1.29, 1.82) is 0 Å². The molecule has 3 rings (SSSR count). The molecule has 1 N–H and O–H groups in total. The first-order valence-corrected chi connectivity index (χ1v) is 7.35. The summed E-state index contributed by atoms with van der Waals surface area (Å²) in [6, 6.07) is 9.52. The number of nitrogens with zero attached hydrogens (tertiary/aromatic N) is 4. The average molecular weight is 318 g/mol. The van der Waals surface area contributed by atoms with Gasteiger partial charge >= 0.3 is 0 Å². The van der Waals surface area contributed by atoms with Gasteiger partial charge in [-0.1, -0.05) is 28.9 Å². The first-order chi connectivity index (χ1) is 10.7. The summed E-state index contributed by atoms with van der Waals surface area (Å²) in [7, 11) is 0. The third-order valence-corrected chi connectivity index (χ3v) is 3.56. The molecule has 0 spiro atoms. The summed E-state index contributed by atoms with van der Waals surface area (Å²) in [5.41, 5.74) is 1.03. The Morgan fingerprint density at radius 3 is 2.77 bits per heavy atom. The molecule has 7 heteroatoms. The van der Waals surface area contributed by atoms with E-state index >= 15 is 0 Å². The third kappa shape index (κ3) is 3.52. The van der Waals surface area contributed by atoms with Gasteiger partial charge in [-0.2, -0.15) is 10.1 Å². The molecule has 0 unspecified atom stereocenters. The second-order valence-corrected chi connectivity index (χ2v) is 5.51. The smallest absolute Gasteiger partial charge is 0.213 e. The largest absolute Gasteiger partial charge is 0.343 e. The summed E-state index contributed by atoms with van der Waals surface area (Å²) in [4.78, 5) is 4.17. The van der Waals surface area contributed by atoms with Crippen molar-refractivity contribution >= 4 is 11.6 Å². The van der Waals surface area contributed by atoms with Crippen LogP contribution in [-0.2, 0) is 6.54 Å². The molecule has 114 valence electrons. The number of aromatic nitrogens is 4. The monoisotopic (exact) mass is 317 g/mol. The van der Waals surface area contributed by atoms with Crippen LogP contribution in [0.1, 0.15) is 24.4 Å². The molecule has 0 saturated carbocycles. The quantitative estimate of drug-likeness (QED) is 0.757. The minimum atomic E-state index is -0.165. The number of benzene rings is 1. The second kappa shape index (κ2) is 6.72. The normalized spacial score (nSPS) is 13.9. The number of hydrogen-bond donors (Lipinski definition) is 1. The van der Waals surface area contributed by atoms with Gasteiger partial charge in [-0.05, 0) is 30.7 Å². The van der Waals surface area contributed by atoms with E-state index < -0.39 is 0 Å². The van der Waals surface area contributed by atoms with Gasteiger partial charge in [0.25, 0.3) is 0 Å².